The quantitative estimate of drug-likeness (QED) is 0.643. The van der Waals surface area contributed by atoms with E-state index in [0.717, 1.165) is 16.9 Å². The van der Waals surface area contributed by atoms with Gasteiger partial charge in [-0.1, -0.05) is 0 Å². The molecule has 0 amide bonds. The van der Waals surface area contributed by atoms with Gasteiger partial charge >= 0.3 is 5.97 Å². The first kappa shape index (κ1) is 16.0. The van der Waals surface area contributed by atoms with Crippen LogP contribution in [0.25, 0.3) is 6.08 Å². The van der Waals surface area contributed by atoms with Gasteiger partial charge in [0.2, 0.25) is 5.90 Å². The van der Waals surface area contributed by atoms with E-state index >= 15 is 0 Å². The number of nitrogens with zero attached hydrogens (tertiary/aromatic N) is 3. The number of esters is 1. The van der Waals surface area contributed by atoms with Crippen LogP contribution in [0.1, 0.15) is 31.9 Å². The fourth-order valence-corrected chi connectivity index (χ4v) is 2.20. The molecule has 1 aliphatic rings. The second-order valence-corrected chi connectivity index (χ2v) is 6.45. The summed E-state index contributed by atoms with van der Waals surface area (Å²) in [6.07, 6.45) is 5.25. The Morgan fingerprint density at radius 1 is 1.21 bits per heavy atom. The molecule has 0 unspecified atom stereocenters. The van der Waals surface area contributed by atoms with Crippen molar-refractivity contribution in [3.05, 3.63) is 53.5 Å². The highest BCUT2D eigenvalue weighted by Crippen LogP contribution is 2.21. The minimum Gasteiger partial charge on any atom is -0.497 e. The van der Waals surface area contributed by atoms with E-state index in [9.17, 15) is 4.79 Å². The van der Waals surface area contributed by atoms with Crippen LogP contribution in [0.5, 0.6) is 5.75 Å². The molecule has 0 aliphatic carbocycles. The van der Waals surface area contributed by atoms with Crippen molar-refractivity contribution in [3.63, 3.8) is 0 Å². The van der Waals surface area contributed by atoms with Crippen LogP contribution < -0.4 is 4.74 Å². The number of methoxy groups -OCH3 is 1. The Labute approximate surface area is 140 Å². The smallest absolute Gasteiger partial charge is 0.363 e. The number of aromatic nitrogens is 2. The third kappa shape index (κ3) is 3.22. The molecule has 0 bridgehead atoms. The average Bonchev–Trinajstić information content (AvgIpc) is 3.15. The maximum absolute atomic E-state index is 12.0. The van der Waals surface area contributed by atoms with Gasteiger partial charge in [0.1, 0.15) is 5.75 Å². The predicted octanol–water partition coefficient (Wildman–Crippen LogP) is 2.99. The summed E-state index contributed by atoms with van der Waals surface area (Å²) < 4.78 is 12.2. The maximum atomic E-state index is 12.0. The summed E-state index contributed by atoms with van der Waals surface area (Å²) in [4.78, 5) is 16.3. The predicted molar refractivity (Wildman–Crippen MR) is 90.8 cm³/mol. The molecule has 0 saturated carbocycles. The number of rotatable bonds is 3. The molecule has 0 saturated heterocycles. The van der Waals surface area contributed by atoms with Crippen molar-refractivity contribution < 1.29 is 14.3 Å². The minimum absolute atomic E-state index is 0.121. The fourth-order valence-electron chi connectivity index (χ4n) is 2.20. The van der Waals surface area contributed by atoms with E-state index < -0.39 is 5.97 Å². The van der Waals surface area contributed by atoms with Gasteiger partial charge in [-0.05, 0) is 51.1 Å². The number of hydrogen-bond acceptors (Lipinski definition) is 5. The van der Waals surface area contributed by atoms with Crippen molar-refractivity contribution in [2.45, 2.75) is 26.3 Å². The highest BCUT2D eigenvalue weighted by molar-refractivity contribution is 6.12. The number of carbonyl (C=O) groups is 1. The van der Waals surface area contributed by atoms with Crippen molar-refractivity contribution in [2.24, 2.45) is 4.99 Å². The molecule has 2 heterocycles. The zero-order chi connectivity index (χ0) is 17.3. The highest BCUT2D eigenvalue weighted by atomic mass is 16.6. The number of benzene rings is 1. The molecule has 24 heavy (non-hydrogen) atoms. The van der Waals surface area contributed by atoms with Crippen molar-refractivity contribution in [3.8, 4) is 5.75 Å². The van der Waals surface area contributed by atoms with Crippen LogP contribution in [0.3, 0.4) is 0 Å². The van der Waals surface area contributed by atoms with Crippen molar-refractivity contribution in [1.82, 2.24) is 9.78 Å². The summed E-state index contributed by atoms with van der Waals surface area (Å²) in [5.74, 6) is 0.551. The third-order valence-corrected chi connectivity index (χ3v) is 3.55. The molecular formula is C18H19N3O3. The Bertz CT molecular complexity index is 824. The maximum Gasteiger partial charge on any atom is 0.363 e. The molecule has 0 radical (unpaired) electrons. The van der Waals surface area contributed by atoms with E-state index in [0.29, 0.717) is 0 Å². The minimum atomic E-state index is -0.468. The summed E-state index contributed by atoms with van der Waals surface area (Å²) >= 11 is 0. The monoisotopic (exact) mass is 325 g/mol. The Morgan fingerprint density at radius 2 is 1.92 bits per heavy atom. The first-order valence-corrected chi connectivity index (χ1v) is 7.59. The highest BCUT2D eigenvalue weighted by Gasteiger charge is 2.24. The third-order valence-electron chi connectivity index (χ3n) is 3.55. The van der Waals surface area contributed by atoms with Gasteiger partial charge < -0.3 is 9.47 Å². The lowest BCUT2D eigenvalue weighted by molar-refractivity contribution is -0.129. The van der Waals surface area contributed by atoms with Crippen LogP contribution in [0, 0.1) is 0 Å². The number of cyclic esters (lactones) is 1. The van der Waals surface area contributed by atoms with Gasteiger partial charge in [-0.25, -0.2) is 9.79 Å². The van der Waals surface area contributed by atoms with Gasteiger partial charge in [0.25, 0.3) is 0 Å². The fraction of sp³-hybridized carbons (Fsp3) is 0.278. The molecule has 6 nitrogen and oxygen atoms in total. The first-order chi connectivity index (χ1) is 11.4. The van der Waals surface area contributed by atoms with E-state index in [1.807, 2.05) is 10.9 Å². The van der Waals surface area contributed by atoms with Gasteiger partial charge in [-0.15, -0.1) is 0 Å². The molecule has 0 N–H and O–H groups in total. The van der Waals surface area contributed by atoms with Gasteiger partial charge in [-0.3, -0.25) is 4.68 Å². The summed E-state index contributed by atoms with van der Waals surface area (Å²) in [5, 5.41) is 4.31. The molecule has 2 aromatic rings. The second-order valence-electron chi connectivity index (χ2n) is 6.45. The number of hydrogen-bond donors (Lipinski definition) is 0. The summed E-state index contributed by atoms with van der Waals surface area (Å²) in [7, 11) is 1.60. The van der Waals surface area contributed by atoms with Gasteiger partial charge in [0.05, 0.1) is 18.8 Å². The van der Waals surface area contributed by atoms with E-state index in [-0.39, 0.29) is 17.1 Å². The molecule has 0 spiro atoms. The molecule has 1 aliphatic heterocycles. The van der Waals surface area contributed by atoms with Crippen LogP contribution in [-0.4, -0.2) is 28.8 Å². The Morgan fingerprint density at radius 3 is 2.50 bits per heavy atom. The van der Waals surface area contributed by atoms with Gasteiger partial charge in [0.15, 0.2) is 5.70 Å². The SMILES string of the molecule is COc1ccc(C2=N/C(=C\c3cnn(C(C)(C)C)c3)C(=O)O2)cc1. The van der Waals surface area contributed by atoms with Crippen LogP contribution >= 0.6 is 0 Å². The standard InChI is InChI=1S/C18H19N3O3/c1-18(2,3)21-11-12(10-19-21)9-15-17(22)24-16(20-15)13-5-7-14(23-4)8-6-13/h5-11H,1-4H3/b15-9-. The lowest BCUT2D eigenvalue weighted by atomic mass is 10.1. The number of aliphatic imine (C=N–C) groups is 1. The van der Waals surface area contributed by atoms with E-state index in [4.69, 9.17) is 9.47 Å². The van der Waals surface area contributed by atoms with E-state index in [2.05, 4.69) is 30.9 Å². The number of ether oxygens (including phenoxy) is 2. The molecule has 3 rings (SSSR count). The largest absolute Gasteiger partial charge is 0.497 e. The topological polar surface area (TPSA) is 65.7 Å². The zero-order valence-electron chi connectivity index (χ0n) is 14.1. The molecular weight excluding hydrogens is 306 g/mol. The average molecular weight is 325 g/mol. The number of carbonyl (C=O) groups excluding carboxylic acids is 1. The van der Waals surface area contributed by atoms with Crippen LogP contribution in [0.15, 0.2) is 47.3 Å². The molecule has 124 valence electrons. The van der Waals surface area contributed by atoms with Crippen molar-refractivity contribution in [1.29, 1.82) is 0 Å². The molecule has 1 aromatic heterocycles. The molecule has 6 heteroatoms. The van der Waals surface area contributed by atoms with Gasteiger partial charge in [-0.2, -0.15) is 5.10 Å². The van der Waals surface area contributed by atoms with Crippen LogP contribution in [-0.2, 0) is 15.1 Å². The van der Waals surface area contributed by atoms with Crippen LogP contribution in [0.4, 0.5) is 0 Å². The normalized spacial score (nSPS) is 16.2. The molecule has 0 atom stereocenters. The van der Waals surface area contributed by atoms with Gasteiger partial charge in [0, 0.05) is 17.3 Å². The second kappa shape index (κ2) is 5.96. The Hall–Kier alpha value is -2.89. The Balaban J connectivity index is 1.86. The first-order valence-electron chi connectivity index (χ1n) is 7.59. The van der Waals surface area contributed by atoms with E-state index in [1.165, 1.54) is 0 Å². The molecule has 0 fully saturated rings. The van der Waals surface area contributed by atoms with Crippen molar-refractivity contribution in [2.75, 3.05) is 7.11 Å². The summed E-state index contributed by atoms with van der Waals surface area (Å²) in [6, 6.07) is 7.18. The zero-order valence-corrected chi connectivity index (χ0v) is 14.1. The summed E-state index contributed by atoms with van der Waals surface area (Å²) in [6.45, 7) is 6.17. The Kier molecular flexibility index (Phi) is 3.97. The molecule has 1 aromatic carbocycles. The lowest BCUT2D eigenvalue weighted by Crippen LogP contribution is -2.21. The summed E-state index contributed by atoms with van der Waals surface area (Å²) in [5.41, 5.74) is 1.66. The van der Waals surface area contributed by atoms with E-state index in [1.54, 1.807) is 43.6 Å². The lowest BCUT2D eigenvalue weighted by Gasteiger charge is -2.18. The van der Waals surface area contributed by atoms with Crippen molar-refractivity contribution >= 4 is 17.9 Å². The van der Waals surface area contributed by atoms with Crippen LogP contribution in [0.2, 0.25) is 0 Å².